The van der Waals surface area contributed by atoms with E-state index in [4.69, 9.17) is 16.3 Å². The van der Waals surface area contributed by atoms with Crippen molar-refractivity contribution in [3.63, 3.8) is 0 Å². The largest absolute Gasteiger partial charge is 0.497 e. The highest BCUT2D eigenvalue weighted by atomic mass is 35.5. The van der Waals surface area contributed by atoms with E-state index >= 15 is 0 Å². The monoisotopic (exact) mass is 314 g/mol. The zero-order valence-electron chi connectivity index (χ0n) is 12.3. The fourth-order valence-corrected chi connectivity index (χ4v) is 2.56. The van der Waals surface area contributed by atoms with Crippen LogP contribution in [0.15, 0.2) is 47.3 Å². The Kier molecular flexibility index (Phi) is 3.86. The van der Waals surface area contributed by atoms with Crippen molar-refractivity contribution in [2.24, 2.45) is 0 Å². The molecule has 112 valence electrons. The van der Waals surface area contributed by atoms with Crippen molar-refractivity contribution >= 4 is 22.5 Å². The molecule has 0 N–H and O–H groups in total. The number of fused-ring (bicyclic) bond motifs is 1. The number of aromatic nitrogens is 2. The van der Waals surface area contributed by atoms with E-state index in [9.17, 15) is 4.79 Å². The first-order chi connectivity index (χ1) is 10.6. The maximum absolute atomic E-state index is 12.8. The van der Waals surface area contributed by atoms with E-state index in [2.05, 4.69) is 4.98 Å². The fraction of sp³-hybridized carbons (Fsp3) is 0.176. The number of benzene rings is 2. The van der Waals surface area contributed by atoms with Crippen LogP contribution in [0.3, 0.4) is 0 Å². The summed E-state index contributed by atoms with van der Waals surface area (Å²) >= 11 is 5.92. The van der Waals surface area contributed by atoms with Crippen LogP contribution in [0.4, 0.5) is 0 Å². The van der Waals surface area contributed by atoms with E-state index in [1.807, 2.05) is 19.1 Å². The van der Waals surface area contributed by atoms with E-state index < -0.39 is 0 Å². The summed E-state index contributed by atoms with van der Waals surface area (Å²) in [5, 5.41) is 1.20. The normalized spacial score (nSPS) is 10.9. The van der Waals surface area contributed by atoms with Crippen LogP contribution in [0.2, 0.25) is 5.02 Å². The van der Waals surface area contributed by atoms with Gasteiger partial charge in [-0.1, -0.05) is 18.5 Å². The van der Waals surface area contributed by atoms with Crippen LogP contribution >= 0.6 is 11.6 Å². The minimum absolute atomic E-state index is 0.0909. The molecule has 0 saturated heterocycles. The number of aryl methyl sites for hydroxylation is 1. The van der Waals surface area contributed by atoms with Gasteiger partial charge in [0, 0.05) is 17.5 Å². The summed E-state index contributed by atoms with van der Waals surface area (Å²) < 4.78 is 6.83. The number of hydrogen-bond donors (Lipinski definition) is 0. The standard InChI is InChI=1S/C17H15ClN2O2/c1-3-16-19-15-10-13(22-2)8-9-14(15)17(21)20(16)12-6-4-11(18)5-7-12/h4-10H,3H2,1-2H3. The molecule has 0 bridgehead atoms. The molecule has 0 atom stereocenters. The van der Waals surface area contributed by atoms with Gasteiger partial charge in [0.05, 0.1) is 23.7 Å². The lowest BCUT2D eigenvalue weighted by atomic mass is 10.2. The molecule has 4 nitrogen and oxygen atoms in total. The molecule has 0 unspecified atom stereocenters. The molecule has 0 radical (unpaired) electrons. The van der Waals surface area contributed by atoms with Gasteiger partial charge in [0.2, 0.25) is 0 Å². The summed E-state index contributed by atoms with van der Waals surface area (Å²) in [7, 11) is 1.59. The molecule has 0 aliphatic carbocycles. The zero-order valence-corrected chi connectivity index (χ0v) is 13.1. The predicted octanol–water partition coefficient (Wildman–Crippen LogP) is 3.61. The number of hydrogen-bond acceptors (Lipinski definition) is 3. The van der Waals surface area contributed by atoms with Gasteiger partial charge in [0.15, 0.2) is 0 Å². The maximum Gasteiger partial charge on any atom is 0.265 e. The number of methoxy groups -OCH3 is 1. The molecule has 0 amide bonds. The Balaban J connectivity index is 2.32. The van der Waals surface area contributed by atoms with E-state index in [1.54, 1.807) is 42.0 Å². The molecule has 0 saturated carbocycles. The van der Waals surface area contributed by atoms with Gasteiger partial charge >= 0.3 is 0 Å². The zero-order chi connectivity index (χ0) is 15.7. The van der Waals surface area contributed by atoms with Crippen molar-refractivity contribution in [3.8, 4) is 11.4 Å². The molecule has 1 heterocycles. The third-order valence-electron chi connectivity index (χ3n) is 3.55. The van der Waals surface area contributed by atoms with Crippen molar-refractivity contribution in [2.75, 3.05) is 7.11 Å². The molecule has 3 rings (SSSR count). The van der Waals surface area contributed by atoms with Crippen LogP contribution in [0.5, 0.6) is 5.75 Å². The molecular formula is C17H15ClN2O2. The molecule has 3 aromatic rings. The van der Waals surface area contributed by atoms with Gasteiger partial charge in [0.1, 0.15) is 11.6 Å². The second-order valence-corrected chi connectivity index (χ2v) is 5.32. The van der Waals surface area contributed by atoms with Crippen LogP contribution in [0, 0.1) is 0 Å². The average molecular weight is 315 g/mol. The minimum Gasteiger partial charge on any atom is -0.497 e. The smallest absolute Gasteiger partial charge is 0.265 e. The van der Waals surface area contributed by atoms with Gasteiger partial charge in [-0.2, -0.15) is 0 Å². The van der Waals surface area contributed by atoms with Gasteiger partial charge in [-0.05, 0) is 36.4 Å². The Bertz CT molecular complexity index is 886. The quantitative estimate of drug-likeness (QED) is 0.742. The average Bonchev–Trinajstić information content (AvgIpc) is 2.55. The van der Waals surface area contributed by atoms with E-state index in [1.165, 1.54) is 0 Å². The highest BCUT2D eigenvalue weighted by Gasteiger charge is 2.12. The first-order valence-electron chi connectivity index (χ1n) is 6.99. The summed E-state index contributed by atoms with van der Waals surface area (Å²) in [5.41, 5.74) is 1.31. The lowest BCUT2D eigenvalue weighted by molar-refractivity contribution is 0.415. The van der Waals surface area contributed by atoms with Gasteiger partial charge in [-0.25, -0.2) is 4.98 Å². The van der Waals surface area contributed by atoms with Gasteiger partial charge < -0.3 is 4.74 Å². The Morgan fingerprint density at radius 1 is 1.18 bits per heavy atom. The maximum atomic E-state index is 12.8. The highest BCUT2D eigenvalue weighted by molar-refractivity contribution is 6.30. The van der Waals surface area contributed by atoms with Crippen molar-refractivity contribution in [2.45, 2.75) is 13.3 Å². The second-order valence-electron chi connectivity index (χ2n) is 4.88. The van der Waals surface area contributed by atoms with Crippen molar-refractivity contribution < 1.29 is 4.74 Å². The first-order valence-corrected chi connectivity index (χ1v) is 7.37. The molecule has 0 aliphatic rings. The summed E-state index contributed by atoms with van der Waals surface area (Å²) in [6, 6.07) is 12.5. The number of rotatable bonds is 3. The second kappa shape index (κ2) is 5.81. The molecule has 0 spiro atoms. The first kappa shape index (κ1) is 14.6. The highest BCUT2D eigenvalue weighted by Crippen LogP contribution is 2.19. The lowest BCUT2D eigenvalue weighted by Crippen LogP contribution is -2.23. The molecule has 2 aromatic carbocycles. The van der Waals surface area contributed by atoms with Gasteiger partial charge in [-0.15, -0.1) is 0 Å². The summed E-state index contributed by atoms with van der Waals surface area (Å²) in [4.78, 5) is 17.5. The topological polar surface area (TPSA) is 44.1 Å². The number of nitrogens with zero attached hydrogens (tertiary/aromatic N) is 2. The van der Waals surface area contributed by atoms with Crippen LogP contribution in [0.1, 0.15) is 12.7 Å². The molecule has 1 aromatic heterocycles. The molecular weight excluding hydrogens is 300 g/mol. The predicted molar refractivity (Wildman–Crippen MR) is 88.3 cm³/mol. The molecule has 22 heavy (non-hydrogen) atoms. The van der Waals surface area contributed by atoms with Crippen LogP contribution in [0.25, 0.3) is 16.6 Å². The minimum atomic E-state index is -0.0909. The van der Waals surface area contributed by atoms with Crippen LogP contribution < -0.4 is 10.3 Å². The fourth-order valence-electron chi connectivity index (χ4n) is 2.43. The molecule has 0 fully saturated rings. The van der Waals surface area contributed by atoms with Crippen LogP contribution in [-0.2, 0) is 6.42 Å². The van der Waals surface area contributed by atoms with Crippen molar-refractivity contribution in [1.29, 1.82) is 0 Å². The van der Waals surface area contributed by atoms with Gasteiger partial charge in [0.25, 0.3) is 5.56 Å². The molecule has 5 heteroatoms. The summed E-state index contributed by atoms with van der Waals surface area (Å²) in [5.74, 6) is 1.39. The Labute approximate surface area is 132 Å². The molecule has 0 aliphatic heterocycles. The van der Waals surface area contributed by atoms with E-state index in [0.29, 0.717) is 33.9 Å². The lowest BCUT2D eigenvalue weighted by Gasteiger charge is -2.13. The third kappa shape index (κ3) is 2.46. The SMILES string of the molecule is CCc1nc2cc(OC)ccc2c(=O)n1-c1ccc(Cl)cc1. The summed E-state index contributed by atoms with van der Waals surface area (Å²) in [6.45, 7) is 1.97. The third-order valence-corrected chi connectivity index (χ3v) is 3.80. The van der Waals surface area contributed by atoms with Crippen LogP contribution in [-0.4, -0.2) is 16.7 Å². The summed E-state index contributed by atoms with van der Waals surface area (Å²) in [6.07, 6.45) is 0.644. The number of halogens is 1. The number of ether oxygens (including phenoxy) is 1. The Morgan fingerprint density at radius 3 is 2.55 bits per heavy atom. The van der Waals surface area contributed by atoms with E-state index in [0.717, 1.165) is 5.69 Å². The van der Waals surface area contributed by atoms with Crippen molar-refractivity contribution in [1.82, 2.24) is 9.55 Å². The van der Waals surface area contributed by atoms with Crippen molar-refractivity contribution in [3.05, 3.63) is 63.7 Å². The van der Waals surface area contributed by atoms with E-state index in [-0.39, 0.29) is 5.56 Å². The van der Waals surface area contributed by atoms with Gasteiger partial charge in [-0.3, -0.25) is 9.36 Å². The Morgan fingerprint density at radius 2 is 1.91 bits per heavy atom. The Hall–Kier alpha value is -2.33.